The highest BCUT2D eigenvalue weighted by Gasteiger charge is 2.26. The van der Waals surface area contributed by atoms with Gasteiger partial charge < -0.3 is 16.9 Å². The van der Waals surface area contributed by atoms with Crippen LogP contribution in [0.15, 0.2) is 12.7 Å². The number of quaternary nitrogens is 1. The first-order valence-corrected chi connectivity index (χ1v) is 14.0. The van der Waals surface area contributed by atoms with Crippen molar-refractivity contribution >= 4 is 0 Å². The molecule has 0 rings (SSSR count). The molecule has 0 aromatic heterocycles. The molecule has 0 radical (unpaired) electrons. The van der Waals surface area contributed by atoms with Crippen LogP contribution in [0, 0.1) is 0 Å². The molecule has 0 aromatic rings. The smallest absolute Gasteiger partial charge is 0.0920 e. The van der Waals surface area contributed by atoms with E-state index in [0.717, 1.165) is 6.04 Å². The van der Waals surface area contributed by atoms with Crippen molar-refractivity contribution in [2.24, 2.45) is 0 Å². The van der Waals surface area contributed by atoms with E-state index in [1.807, 2.05) is 0 Å². The SMILES string of the molecule is C=CCC(CCCCCCCCCCC)[N+](C)(C)CCCCCCCCCCCC.[Cl-]. The monoisotopic (exact) mass is 457 g/mol. The minimum atomic E-state index is 0. The van der Waals surface area contributed by atoms with Gasteiger partial charge >= 0.3 is 0 Å². The van der Waals surface area contributed by atoms with E-state index in [4.69, 9.17) is 0 Å². The number of rotatable bonds is 24. The van der Waals surface area contributed by atoms with Crippen molar-refractivity contribution < 1.29 is 16.9 Å². The lowest BCUT2D eigenvalue weighted by Crippen LogP contribution is -3.00. The van der Waals surface area contributed by atoms with Crippen LogP contribution in [0.4, 0.5) is 0 Å². The lowest BCUT2D eigenvalue weighted by molar-refractivity contribution is -0.915. The second-order valence-corrected chi connectivity index (χ2v) is 10.5. The maximum atomic E-state index is 4.05. The Labute approximate surface area is 204 Å². The van der Waals surface area contributed by atoms with Crippen molar-refractivity contribution in [2.45, 2.75) is 155 Å². The van der Waals surface area contributed by atoms with Crippen LogP contribution in [-0.2, 0) is 0 Å². The predicted octanol–water partition coefficient (Wildman–Crippen LogP) is 6.85. The van der Waals surface area contributed by atoms with Crippen molar-refractivity contribution in [1.82, 2.24) is 0 Å². The standard InChI is InChI=1S/C29H60N.ClH/c1-6-9-11-13-15-17-19-21-23-25-28-30(4,5)29(26-8-3)27-24-22-20-18-16-14-12-10-7-2;/h8,29H,3,6-7,9-28H2,1-2,4-5H3;1H/q+1;/p-1. The molecule has 0 saturated carbocycles. The highest BCUT2D eigenvalue weighted by atomic mass is 35.5. The Morgan fingerprint density at radius 3 is 1.32 bits per heavy atom. The van der Waals surface area contributed by atoms with Crippen LogP contribution in [0.5, 0.6) is 0 Å². The lowest BCUT2D eigenvalue weighted by Gasteiger charge is -2.38. The van der Waals surface area contributed by atoms with Crippen LogP contribution in [0.25, 0.3) is 0 Å². The van der Waals surface area contributed by atoms with E-state index in [9.17, 15) is 0 Å². The molecule has 0 aliphatic heterocycles. The molecule has 0 fully saturated rings. The number of hydrogen-bond acceptors (Lipinski definition) is 0. The summed E-state index contributed by atoms with van der Waals surface area (Å²) >= 11 is 0. The molecule has 1 unspecified atom stereocenters. The molecule has 0 aliphatic rings. The summed E-state index contributed by atoms with van der Waals surface area (Å²) in [5.41, 5.74) is 0. The number of halogens is 1. The fraction of sp³-hybridized carbons (Fsp3) is 0.931. The molecule has 0 amide bonds. The molecule has 0 saturated heterocycles. The molecule has 0 N–H and O–H groups in total. The van der Waals surface area contributed by atoms with Gasteiger partial charge in [-0.2, -0.15) is 0 Å². The Balaban J connectivity index is 0. The Bertz CT molecular complexity index is 353. The minimum Gasteiger partial charge on any atom is -1.00 e. The van der Waals surface area contributed by atoms with Gasteiger partial charge in [0.15, 0.2) is 0 Å². The average molecular weight is 458 g/mol. The molecule has 1 atom stereocenters. The molecule has 0 aromatic carbocycles. The van der Waals surface area contributed by atoms with E-state index < -0.39 is 0 Å². The molecule has 0 aliphatic carbocycles. The zero-order valence-electron chi connectivity index (χ0n) is 22.2. The van der Waals surface area contributed by atoms with Crippen LogP contribution < -0.4 is 12.4 Å². The Morgan fingerprint density at radius 2 is 0.935 bits per heavy atom. The lowest BCUT2D eigenvalue weighted by atomic mass is 9.99. The van der Waals surface area contributed by atoms with Crippen LogP contribution in [-0.4, -0.2) is 31.2 Å². The van der Waals surface area contributed by atoms with Gasteiger partial charge in [-0.25, -0.2) is 0 Å². The first-order valence-electron chi connectivity index (χ1n) is 14.0. The van der Waals surface area contributed by atoms with Gasteiger partial charge in [0.05, 0.1) is 26.7 Å². The number of unbranched alkanes of at least 4 members (excludes halogenated alkanes) is 17. The molecule has 0 heterocycles. The fourth-order valence-electron chi connectivity index (χ4n) is 4.83. The molecule has 0 spiro atoms. The second-order valence-electron chi connectivity index (χ2n) is 10.5. The molecule has 31 heavy (non-hydrogen) atoms. The Kier molecular flexibility index (Phi) is 26.3. The van der Waals surface area contributed by atoms with Gasteiger partial charge in [0.1, 0.15) is 0 Å². The van der Waals surface area contributed by atoms with E-state index in [1.165, 1.54) is 146 Å². The first-order chi connectivity index (χ1) is 14.6. The summed E-state index contributed by atoms with van der Waals surface area (Å²) < 4.78 is 1.19. The topological polar surface area (TPSA) is 0 Å². The van der Waals surface area contributed by atoms with Crippen molar-refractivity contribution in [1.29, 1.82) is 0 Å². The van der Waals surface area contributed by atoms with E-state index in [2.05, 4.69) is 40.6 Å². The molecule has 1 nitrogen and oxygen atoms in total. The van der Waals surface area contributed by atoms with Crippen molar-refractivity contribution in [3.63, 3.8) is 0 Å². The summed E-state index contributed by atoms with van der Waals surface area (Å²) in [5, 5.41) is 0. The highest BCUT2D eigenvalue weighted by molar-refractivity contribution is 4.74. The van der Waals surface area contributed by atoms with Gasteiger partial charge in [-0.1, -0.05) is 123 Å². The van der Waals surface area contributed by atoms with Crippen LogP contribution in [0.1, 0.15) is 149 Å². The van der Waals surface area contributed by atoms with Gasteiger partial charge in [-0.15, -0.1) is 6.58 Å². The van der Waals surface area contributed by atoms with Crippen LogP contribution in [0.3, 0.4) is 0 Å². The quantitative estimate of drug-likeness (QED) is 0.0843. The van der Waals surface area contributed by atoms with Crippen molar-refractivity contribution in [3.8, 4) is 0 Å². The largest absolute Gasteiger partial charge is 1.00 e. The third-order valence-corrected chi connectivity index (χ3v) is 7.16. The van der Waals surface area contributed by atoms with E-state index in [1.54, 1.807) is 0 Å². The summed E-state index contributed by atoms with van der Waals surface area (Å²) in [4.78, 5) is 0. The Hall–Kier alpha value is -0.0100. The number of nitrogens with zero attached hydrogens (tertiary/aromatic N) is 1. The summed E-state index contributed by atoms with van der Waals surface area (Å²) in [6, 6.07) is 0.769. The van der Waals surface area contributed by atoms with Crippen molar-refractivity contribution in [3.05, 3.63) is 12.7 Å². The minimum absolute atomic E-state index is 0. The zero-order chi connectivity index (χ0) is 22.3. The first kappa shape index (κ1) is 33.2. The zero-order valence-corrected chi connectivity index (χ0v) is 23.0. The average Bonchev–Trinajstić information content (AvgIpc) is 2.73. The molecule has 2 heteroatoms. The van der Waals surface area contributed by atoms with Crippen LogP contribution >= 0.6 is 0 Å². The maximum absolute atomic E-state index is 4.05. The summed E-state index contributed by atoms with van der Waals surface area (Å²) in [6.45, 7) is 10.00. The third kappa shape index (κ3) is 21.6. The van der Waals surface area contributed by atoms with Gasteiger partial charge in [0, 0.05) is 6.42 Å². The molecular formula is C29H60ClN. The molecule has 0 bridgehead atoms. The fourth-order valence-corrected chi connectivity index (χ4v) is 4.83. The summed E-state index contributed by atoms with van der Waals surface area (Å²) in [6.07, 6.45) is 31.9. The van der Waals surface area contributed by atoms with Gasteiger partial charge in [0.2, 0.25) is 0 Å². The van der Waals surface area contributed by atoms with Gasteiger partial charge in [0.25, 0.3) is 0 Å². The third-order valence-electron chi connectivity index (χ3n) is 7.16. The normalized spacial score (nSPS) is 12.5. The highest BCUT2D eigenvalue weighted by Crippen LogP contribution is 2.21. The maximum Gasteiger partial charge on any atom is 0.0920 e. The van der Waals surface area contributed by atoms with Crippen LogP contribution in [0.2, 0.25) is 0 Å². The van der Waals surface area contributed by atoms with E-state index >= 15 is 0 Å². The molecular weight excluding hydrogens is 398 g/mol. The second kappa shape index (κ2) is 24.6. The van der Waals surface area contributed by atoms with E-state index in [0.29, 0.717) is 0 Å². The van der Waals surface area contributed by atoms with E-state index in [-0.39, 0.29) is 12.4 Å². The molecule has 188 valence electrons. The van der Waals surface area contributed by atoms with Gasteiger partial charge in [-0.3, -0.25) is 0 Å². The summed E-state index contributed by atoms with van der Waals surface area (Å²) in [7, 11) is 4.94. The van der Waals surface area contributed by atoms with Gasteiger partial charge in [-0.05, 0) is 25.7 Å². The Morgan fingerprint density at radius 1 is 0.581 bits per heavy atom. The summed E-state index contributed by atoms with van der Waals surface area (Å²) in [5.74, 6) is 0. The number of hydrogen-bond donors (Lipinski definition) is 0. The predicted molar refractivity (Wildman–Crippen MR) is 139 cm³/mol. The van der Waals surface area contributed by atoms with Crippen molar-refractivity contribution in [2.75, 3.05) is 20.6 Å².